The van der Waals surface area contributed by atoms with Gasteiger partial charge in [0, 0.05) is 5.69 Å². The maximum atomic E-state index is 13.5. The highest BCUT2D eigenvalue weighted by Gasteiger charge is 2.33. The molecular weight excluding hydrogens is 519 g/mol. The van der Waals surface area contributed by atoms with Crippen LogP contribution in [0.15, 0.2) is 71.6 Å². The minimum Gasteiger partial charge on any atom is -0.484 e. The summed E-state index contributed by atoms with van der Waals surface area (Å²) in [5.41, 5.74) is 3.00. The summed E-state index contributed by atoms with van der Waals surface area (Å²) >= 11 is 12.4. The lowest BCUT2D eigenvalue weighted by atomic mass is 10.0. The number of thioether (sulfide) groups is 1. The van der Waals surface area contributed by atoms with E-state index >= 15 is 0 Å². The Morgan fingerprint density at radius 1 is 1.17 bits per heavy atom. The zero-order chi connectivity index (χ0) is 25.8. The molecule has 0 radical (unpaired) electrons. The van der Waals surface area contributed by atoms with Gasteiger partial charge in [0.1, 0.15) is 11.6 Å². The van der Waals surface area contributed by atoms with Crippen molar-refractivity contribution in [3.8, 4) is 5.75 Å². The maximum absolute atomic E-state index is 13.5. The van der Waals surface area contributed by atoms with Gasteiger partial charge in [-0.3, -0.25) is 14.5 Å². The van der Waals surface area contributed by atoms with E-state index in [1.807, 2.05) is 24.3 Å². The first-order valence-electron chi connectivity index (χ1n) is 11.1. The van der Waals surface area contributed by atoms with Gasteiger partial charge in [-0.15, -0.1) is 0 Å². The van der Waals surface area contributed by atoms with Gasteiger partial charge in [0.2, 0.25) is 0 Å². The van der Waals surface area contributed by atoms with Crippen LogP contribution in [0.1, 0.15) is 30.9 Å². The molecule has 0 atom stereocenters. The molecule has 0 saturated carbocycles. The van der Waals surface area contributed by atoms with Crippen molar-refractivity contribution in [2.45, 2.75) is 19.8 Å². The molecule has 184 valence electrons. The number of ether oxygens (including phenoxy) is 1. The molecule has 0 bridgehead atoms. The molecule has 2 amide bonds. The van der Waals surface area contributed by atoms with Crippen LogP contribution in [0.4, 0.5) is 15.8 Å². The second kappa shape index (κ2) is 11.2. The standard InChI is InChI=1S/C27H22ClFN2O3S2/c1-16(2)20-5-3-4-6-23(20)30-25(32)15-34-19-10-7-17(8-11-19)13-24-26(33)31(27(35)36-24)18-9-12-22(29)21(28)14-18/h3-14,16H,15H2,1-2H3,(H,30,32)/b24-13+. The van der Waals surface area contributed by atoms with Crippen LogP contribution < -0.4 is 15.0 Å². The second-order valence-corrected chi connectivity index (χ2v) is 10.3. The molecule has 0 aliphatic carbocycles. The molecule has 1 aliphatic rings. The van der Waals surface area contributed by atoms with E-state index in [4.69, 9.17) is 28.6 Å². The van der Waals surface area contributed by atoms with Gasteiger partial charge >= 0.3 is 0 Å². The molecule has 3 aromatic carbocycles. The highest BCUT2D eigenvalue weighted by molar-refractivity contribution is 8.27. The molecule has 5 nitrogen and oxygen atoms in total. The lowest BCUT2D eigenvalue weighted by Gasteiger charge is -2.14. The quantitative estimate of drug-likeness (QED) is 0.257. The van der Waals surface area contributed by atoms with Gasteiger partial charge < -0.3 is 10.1 Å². The normalized spacial score (nSPS) is 14.6. The van der Waals surface area contributed by atoms with Crippen LogP contribution in [-0.4, -0.2) is 22.7 Å². The summed E-state index contributed by atoms with van der Waals surface area (Å²) in [6.45, 7) is 4.00. The van der Waals surface area contributed by atoms with Crippen LogP contribution in [0.25, 0.3) is 6.08 Å². The number of benzene rings is 3. The Labute approximate surface area is 223 Å². The fourth-order valence-corrected chi connectivity index (χ4v) is 5.05. The monoisotopic (exact) mass is 540 g/mol. The van der Waals surface area contributed by atoms with Gasteiger partial charge in [0.15, 0.2) is 10.9 Å². The third-order valence-corrected chi connectivity index (χ3v) is 6.95. The summed E-state index contributed by atoms with van der Waals surface area (Å²) in [7, 11) is 0. The molecule has 1 heterocycles. The number of nitrogens with zero attached hydrogens (tertiary/aromatic N) is 1. The van der Waals surface area contributed by atoms with E-state index in [2.05, 4.69) is 19.2 Å². The minimum atomic E-state index is -0.568. The maximum Gasteiger partial charge on any atom is 0.270 e. The first-order chi connectivity index (χ1) is 17.2. The Hall–Kier alpha value is -3.20. The van der Waals surface area contributed by atoms with Crippen LogP contribution >= 0.6 is 35.6 Å². The van der Waals surface area contributed by atoms with E-state index in [9.17, 15) is 14.0 Å². The number of carbonyl (C=O) groups is 2. The summed E-state index contributed by atoms with van der Waals surface area (Å²) in [5, 5.41) is 2.81. The molecule has 0 spiro atoms. The molecule has 1 aliphatic heterocycles. The average Bonchev–Trinajstić information content (AvgIpc) is 3.13. The van der Waals surface area contributed by atoms with Crippen molar-refractivity contribution >= 4 is 69.2 Å². The van der Waals surface area contributed by atoms with Crippen molar-refractivity contribution < 1.29 is 18.7 Å². The number of thiocarbonyl (C=S) groups is 1. The number of para-hydroxylation sites is 1. The van der Waals surface area contributed by atoms with Crippen molar-refractivity contribution in [2.24, 2.45) is 0 Å². The lowest BCUT2D eigenvalue weighted by Crippen LogP contribution is -2.27. The van der Waals surface area contributed by atoms with Crippen molar-refractivity contribution in [2.75, 3.05) is 16.8 Å². The summed E-state index contributed by atoms with van der Waals surface area (Å²) in [6, 6.07) is 18.7. The predicted octanol–water partition coefficient (Wildman–Crippen LogP) is 7.03. The van der Waals surface area contributed by atoms with E-state index < -0.39 is 5.82 Å². The number of hydrogen-bond donors (Lipinski definition) is 1. The second-order valence-electron chi connectivity index (χ2n) is 8.26. The molecule has 1 saturated heterocycles. The van der Waals surface area contributed by atoms with Gasteiger partial charge in [-0.05, 0) is 59.5 Å². The fourth-order valence-electron chi connectivity index (χ4n) is 3.58. The molecule has 0 aromatic heterocycles. The number of nitrogens with one attached hydrogen (secondary N) is 1. The number of carbonyl (C=O) groups excluding carboxylic acids is 2. The Morgan fingerprint density at radius 2 is 1.89 bits per heavy atom. The van der Waals surface area contributed by atoms with E-state index in [0.717, 1.165) is 28.6 Å². The van der Waals surface area contributed by atoms with Gasteiger partial charge in [-0.25, -0.2) is 4.39 Å². The lowest BCUT2D eigenvalue weighted by molar-refractivity contribution is -0.118. The highest BCUT2D eigenvalue weighted by Crippen LogP contribution is 2.37. The summed E-state index contributed by atoms with van der Waals surface area (Å²) in [6.07, 6.45) is 1.71. The smallest absolute Gasteiger partial charge is 0.270 e. The summed E-state index contributed by atoms with van der Waals surface area (Å²) < 4.78 is 19.5. The Balaban J connectivity index is 1.38. The van der Waals surface area contributed by atoms with Gasteiger partial charge in [-0.2, -0.15) is 0 Å². The first-order valence-corrected chi connectivity index (χ1v) is 12.7. The zero-order valence-corrected chi connectivity index (χ0v) is 21.8. The van der Waals surface area contributed by atoms with E-state index in [1.165, 1.54) is 23.1 Å². The molecule has 1 fully saturated rings. The number of amides is 2. The van der Waals surface area contributed by atoms with Crippen LogP contribution in [0, 0.1) is 5.82 Å². The number of anilines is 2. The van der Waals surface area contributed by atoms with Gasteiger partial charge in [0.25, 0.3) is 11.8 Å². The van der Waals surface area contributed by atoms with Gasteiger partial charge in [0.05, 0.1) is 15.6 Å². The SMILES string of the molecule is CC(C)c1ccccc1NC(=O)COc1ccc(/C=C2/SC(=S)N(c3ccc(F)c(Cl)c3)C2=O)cc1. The number of rotatable bonds is 7. The van der Waals surface area contributed by atoms with Crippen LogP contribution in [-0.2, 0) is 9.59 Å². The molecule has 4 rings (SSSR count). The van der Waals surface area contributed by atoms with Crippen LogP contribution in [0.5, 0.6) is 5.75 Å². The van der Waals surface area contributed by atoms with Crippen molar-refractivity contribution in [1.29, 1.82) is 0 Å². The van der Waals surface area contributed by atoms with E-state index in [-0.39, 0.29) is 29.4 Å². The molecule has 1 N–H and O–H groups in total. The number of hydrogen-bond acceptors (Lipinski definition) is 5. The van der Waals surface area contributed by atoms with Crippen LogP contribution in [0.2, 0.25) is 5.02 Å². The van der Waals surface area contributed by atoms with Gasteiger partial charge in [-0.1, -0.05) is 79.8 Å². The minimum absolute atomic E-state index is 0.0843. The summed E-state index contributed by atoms with van der Waals surface area (Å²) in [5.74, 6) is -0.332. The first kappa shape index (κ1) is 25.9. The van der Waals surface area contributed by atoms with Crippen molar-refractivity contribution in [3.63, 3.8) is 0 Å². The third kappa shape index (κ3) is 5.95. The summed E-state index contributed by atoms with van der Waals surface area (Å²) in [4.78, 5) is 27.1. The third-order valence-electron chi connectivity index (χ3n) is 5.36. The molecular formula is C27H22ClFN2O3S2. The predicted molar refractivity (Wildman–Crippen MR) is 148 cm³/mol. The average molecular weight is 541 g/mol. The fraction of sp³-hybridized carbons (Fsp3) is 0.148. The van der Waals surface area contributed by atoms with Crippen molar-refractivity contribution in [3.05, 3.63) is 93.6 Å². The zero-order valence-electron chi connectivity index (χ0n) is 19.5. The molecule has 9 heteroatoms. The van der Waals surface area contributed by atoms with E-state index in [0.29, 0.717) is 20.7 Å². The molecule has 36 heavy (non-hydrogen) atoms. The largest absolute Gasteiger partial charge is 0.484 e. The topological polar surface area (TPSA) is 58.6 Å². The van der Waals surface area contributed by atoms with Crippen molar-refractivity contribution in [1.82, 2.24) is 0 Å². The number of halogens is 2. The Bertz CT molecular complexity index is 1360. The molecule has 3 aromatic rings. The van der Waals surface area contributed by atoms with E-state index in [1.54, 1.807) is 30.3 Å². The Kier molecular flexibility index (Phi) is 8.08. The highest BCUT2D eigenvalue weighted by atomic mass is 35.5. The van der Waals surface area contributed by atoms with Crippen LogP contribution in [0.3, 0.4) is 0 Å². The Morgan fingerprint density at radius 3 is 2.58 bits per heavy atom. The molecule has 0 unspecified atom stereocenters.